The van der Waals surface area contributed by atoms with Gasteiger partial charge in [0.2, 0.25) is 0 Å². The summed E-state index contributed by atoms with van der Waals surface area (Å²) < 4.78 is 11.1. The minimum Gasteiger partial charge on any atom is -0.486 e. The van der Waals surface area contributed by atoms with Gasteiger partial charge in [-0.15, -0.1) is 0 Å². The average Bonchev–Trinajstić information content (AvgIpc) is 2.65. The number of carboxylic acid groups (broad SMARTS) is 1. The number of benzene rings is 2. The van der Waals surface area contributed by atoms with E-state index in [1.54, 1.807) is 24.3 Å². The molecule has 3 aromatic rings. The standard InChI is InChI=1S/C20H15NO4/c22-20(23)16-12-14(21-17-4-2-1-3-15(16)17)7-5-13-6-8-18-19(11-13)25-10-9-24-18/h1-8,11-12H,9-10H2,(H,22,23). The highest BCUT2D eigenvalue weighted by Gasteiger charge is 2.12. The quantitative estimate of drug-likeness (QED) is 0.788. The maximum Gasteiger partial charge on any atom is 0.336 e. The normalized spacial score (nSPS) is 13.3. The van der Waals surface area contributed by atoms with Crippen LogP contribution in [0.15, 0.2) is 48.5 Å². The summed E-state index contributed by atoms with van der Waals surface area (Å²) in [5.41, 5.74) is 2.42. The molecule has 0 radical (unpaired) electrons. The number of pyridine rings is 1. The lowest BCUT2D eigenvalue weighted by Crippen LogP contribution is -2.15. The molecular formula is C20H15NO4. The van der Waals surface area contributed by atoms with E-state index in [1.165, 1.54) is 0 Å². The number of rotatable bonds is 3. The second-order valence-corrected chi connectivity index (χ2v) is 5.65. The van der Waals surface area contributed by atoms with E-state index in [-0.39, 0.29) is 5.56 Å². The molecule has 0 unspecified atom stereocenters. The molecule has 124 valence electrons. The van der Waals surface area contributed by atoms with Crippen molar-refractivity contribution in [3.8, 4) is 11.5 Å². The van der Waals surface area contributed by atoms with Crippen molar-refractivity contribution in [2.45, 2.75) is 0 Å². The fourth-order valence-electron chi connectivity index (χ4n) is 2.80. The lowest BCUT2D eigenvalue weighted by Gasteiger charge is -2.18. The smallest absolute Gasteiger partial charge is 0.336 e. The third kappa shape index (κ3) is 3.04. The molecule has 0 aliphatic carbocycles. The van der Waals surface area contributed by atoms with Crippen molar-refractivity contribution in [3.05, 3.63) is 65.4 Å². The number of fused-ring (bicyclic) bond motifs is 2. The van der Waals surface area contributed by atoms with Crippen LogP contribution < -0.4 is 9.47 Å². The van der Waals surface area contributed by atoms with Gasteiger partial charge in [-0.05, 0) is 35.9 Å². The number of carboxylic acids is 1. The highest BCUT2D eigenvalue weighted by molar-refractivity contribution is 6.03. The van der Waals surface area contributed by atoms with Crippen molar-refractivity contribution in [3.63, 3.8) is 0 Å². The molecule has 5 nitrogen and oxygen atoms in total. The molecule has 25 heavy (non-hydrogen) atoms. The Labute approximate surface area is 144 Å². The SMILES string of the molecule is O=C(O)c1cc(C=Cc2ccc3c(c2)OCCO3)nc2ccccc12. The van der Waals surface area contributed by atoms with Crippen molar-refractivity contribution in [1.82, 2.24) is 4.98 Å². The van der Waals surface area contributed by atoms with Gasteiger partial charge in [-0.25, -0.2) is 9.78 Å². The lowest BCUT2D eigenvalue weighted by atomic mass is 10.1. The molecule has 1 aliphatic heterocycles. The first-order valence-corrected chi connectivity index (χ1v) is 7.91. The van der Waals surface area contributed by atoms with Gasteiger partial charge in [-0.2, -0.15) is 0 Å². The van der Waals surface area contributed by atoms with Gasteiger partial charge in [-0.1, -0.05) is 30.3 Å². The largest absolute Gasteiger partial charge is 0.486 e. The molecule has 0 fully saturated rings. The monoisotopic (exact) mass is 333 g/mol. The first kappa shape index (κ1) is 15.2. The third-order valence-corrected chi connectivity index (χ3v) is 3.98. The molecule has 1 aromatic heterocycles. The zero-order valence-corrected chi connectivity index (χ0v) is 13.3. The number of nitrogens with zero attached hydrogens (tertiary/aromatic N) is 1. The minimum atomic E-state index is -0.965. The minimum absolute atomic E-state index is 0.243. The Morgan fingerprint density at radius 3 is 2.64 bits per heavy atom. The summed E-state index contributed by atoms with van der Waals surface area (Å²) in [6, 6.07) is 14.5. The van der Waals surface area contributed by atoms with Gasteiger partial charge >= 0.3 is 5.97 Å². The topological polar surface area (TPSA) is 68.7 Å². The highest BCUT2D eigenvalue weighted by atomic mass is 16.6. The molecule has 0 saturated carbocycles. The molecule has 5 heteroatoms. The first-order chi connectivity index (χ1) is 12.2. The summed E-state index contributed by atoms with van der Waals surface area (Å²) in [5.74, 6) is 0.485. The molecule has 0 amide bonds. The molecule has 0 bridgehead atoms. The highest BCUT2D eigenvalue weighted by Crippen LogP contribution is 2.31. The zero-order valence-electron chi connectivity index (χ0n) is 13.3. The molecular weight excluding hydrogens is 318 g/mol. The lowest BCUT2D eigenvalue weighted by molar-refractivity contribution is 0.0699. The number of para-hydroxylation sites is 1. The van der Waals surface area contributed by atoms with E-state index in [2.05, 4.69) is 4.98 Å². The van der Waals surface area contributed by atoms with Crippen molar-refractivity contribution >= 4 is 29.0 Å². The number of hydrogen-bond donors (Lipinski definition) is 1. The van der Waals surface area contributed by atoms with Crippen molar-refractivity contribution in [2.24, 2.45) is 0 Å². The molecule has 4 rings (SSSR count). The van der Waals surface area contributed by atoms with Crippen LogP contribution in [0.25, 0.3) is 23.1 Å². The molecule has 0 spiro atoms. The van der Waals surface area contributed by atoms with Gasteiger partial charge < -0.3 is 14.6 Å². The predicted octanol–water partition coefficient (Wildman–Crippen LogP) is 3.87. The number of ether oxygens (including phenoxy) is 2. The Balaban J connectivity index is 1.70. The second-order valence-electron chi connectivity index (χ2n) is 5.65. The summed E-state index contributed by atoms with van der Waals surface area (Å²) in [6.07, 6.45) is 3.67. The number of hydrogen-bond acceptors (Lipinski definition) is 4. The fraction of sp³-hybridized carbons (Fsp3) is 0.100. The van der Waals surface area contributed by atoms with Crippen molar-refractivity contribution < 1.29 is 19.4 Å². The Bertz CT molecular complexity index is 994. The third-order valence-electron chi connectivity index (χ3n) is 3.98. The summed E-state index contributed by atoms with van der Waals surface area (Å²) in [5, 5.41) is 10.1. The van der Waals surface area contributed by atoms with E-state index >= 15 is 0 Å². The van der Waals surface area contributed by atoms with Gasteiger partial charge in [0.15, 0.2) is 11.5 Å². The van der Waals surface area contributed by atoms with Crippen LogP contribution in [0.2, 0.25) is 0 Å². The van der Waals surface area contributed by atoms with Crippen LogP contribution >= 0.6 is 0 Å². The molecule has 1 aliphatic rings. The molecule has 0 atom stereocenters. The summed E-state index contributed by atoms with van der Waals surface area (Å²) >= 11 is 0. The number of aromatic nitrogens is 1. The second kappa shape index (κ2) is 6.28. The van der Waals surface area contributed by atoms with Gasteiger partial charge in [0.25, 0.3) is 0 Å². The van der Waals surface area contributed by atoms with Gasteiger partial charge in [0, 0.05) is 5.39 Å². The van der Waals surface area contributed by atoms with Gasteiger partial charge in [-0.3, -0.25) is 0 Å². The van der Waals surface area contributed by atoms with Gasteiger partial charge in [0.1, 0.15) is 13.2 Å². The Hall–Kier alpha value is -3.34. The predicted molar refractivity (Wildman–Crippen MR) is 95.1 cm³/mol. The zero-order chi connectivity index (χ0) is 17.2. The average molecular weight is 333 g/mol. The van der Waals surface area contributed by atoms with Gasteiger partial charge in [0.05, 0.1) is 16.8 Å². The molecule has 0 saturated heterocycles. The van der Waals surface area contributed by atoms with Crippen LogP contribution in [0.1, 0.15) is 21.6 Å². The van der Waals surface area contributed by atoms with Crippen LogP contribution in [-0.4, -0.2) is 29.3 Å². The van der Waals surface area contributed by atoms with Crippen molar-refractivity contribution in [2.75, 3.05) is 13.2 Å². The summed E-state index contributed by atoms with van der Waals surface area (Å²) in [7, 11) is 0. The van der Waals surface area contributed by atoms with Crippen LogP contribution in [0, 0.1) is 0 Å². The molecule has 2 heterocycles. The van der Waals surface area contributed by atoms with E-state index in [1.807, 2.05) is 36.4 Å². The summed E-state index contributed by atoms with van der Waals surface area (Å²) in [6.45, 7) is 1.09. The van der Waals surface area contributed by atoms with Crippen LogP contribution in [0.5, 0.6) is 11.5 Å². The number of aromatic carboxylic acids is 1. The van der Waals surface area contributed by atoms with E-state index < -0.39 is 5.97 Å². The first-order valence-electron chi connectivity index (χ1n) is 7.91. The Kier molecular flexibility index (Phi) is 3.82. The maximum atomic E-state index is 11.5. The number of carbonyl (C=O) groups is 1. The van der Waals surface area contributed by atoms with E-state index in [4.69, 9.17) is 9.47 Å². The maximum absolute atomic E-state index is 11.5. The molecule has 2 aromatic carbocycles. The summed E-state index contributed by atoms with van der Waals surface area (Å²) in [4.78, 5) is 16.0. The Morgan fingerprint density at radius 1 is 1.00 bits per heavy atom. The van der Waals surface area contributed by atoms with E-state index in [9.17, 15) is 9.90 Å². The van der Waals surface area contributed by atoms with Crippen LogP contribution in [-0.2, 0) is 0 Å². The fourth-order valence-corrected chi connectivity index (χ4v) is 2.80. The van der Waals surface area contributed by atoms with E-state index in [0.717, 1.165) is 11.3 Å². The molecule has 1 N–H and O–H groups in total. The van der Waals surface area contributed by atoms with Crippen LogP contribution in [0.4, 0.5) is 0 Å². The van der Waals surface area contributed by atoms with E-state index in [0.29, 0.717) is 35.6 Å². The van der Waals surface area contributed by atoms with Crippen LogP contribution in [0.3, 0.4) is 0 Å². The van der Waals surface area contributed by atoms with Crippen molar-refractivity contribution in [1.29, 1.82) is 0 Å². The Morgan fingerprint density at radius 2 is 1.80 bits per heavy atom.